The van der Waals surface area contributed by atoms with Gasteiger partial charge in [-0.1, -0.05) is 102 Å². The largest absolute Gasteiger partial charge is 0.474 e. The van der Waals surface area contributed by atoms with Gasteiger partial charge in [0.2, 0.25) is 0 Å². The summed E-state index contributed by atoms with van der Waals surface area (Å²) in [6.07, 6.45) is 0. The van der Waals surface area contributed by atoms with E-state index in [1.54, 1.807) is 12.1 Å². The van der Waals surface area contributed by atoms with Crippen molar-refractivity contribution in [1.82, 2.24) is 0 Å². The Hall–Kier alpha value is -3.40. The van der Waals surface area contributed by atoms with Crippen LogP contribution in [0.4, 0.5) is 5.69 Å². The van der Waals surface area contributed by atoms with Crippen molar-refractivity contribution in [3.05, 3.63) is 89.5 Å². The average Bonchev–Trinajstić information content (AvgIpc) is 2.76. The Labute approximate surface area is 196 Å². The fourth-order valence-electron chi connectivity index (χ4n) is 3.69. The van der Waals surface area contributed by atoms with Crippen molar-refractivity contribution >= 4 is 17.6 Å². The molecule has 3 rings (SSSR count). The second-order valence-corrected chi connectivity index (χ2v) is 10.5. The van der Waals surface area contributed by atoms with Crippen LogP contribution in [-0.2, 0) is 27.0 Å². The number of carboxylic acids is 1. The van der Waals surface area contributed by atoms with E-state index in [0.29, 0.717) is 5.69 Å². The number of nitrogens with zero attached hydrogens (tertiary/aromatic N) is 1. The van der Waals surface area contributed by atoms with Gasteiger partial charge in [-0.3, -0.25) is 9.69 Å². The average molecular weight is 444 g/mol. The van der Waals surface area contributed by atoms with Crippen molar-refractivity contribution < 1.29 is 14.7 Å². The Morgan fingerprint density at radius 3 is 1.45 bits per heavy atom. The number of carboxylic acid groups (broad SMARTS) is 1. The molecule has 0 saturated heterocycles. The van der Waals surface area contributed by atoms with Crippen LogP contribution in [0, 0.1) is 0 Å². The van der Waals surface area contributed by atoms with Gasteiger partial charge in [0.25, 0.3) is 0 Å². The van der Waals surface area contributed by atoms with Gasteiger partial charge >= 0.3 is 11.9 Å². The fraction of sp³-hybridized carbons (Fsp3) is 0.310. The highest BCUT2D eigenvalue weighted by atomic mass is 16.4. The van der Waals surface area contributed by atoms with Crippen LogP contribution in [-0.4, -0.2) is 17.0 Å². The van der Waals surface area contributed by atoms with E-state index in [1.807, 2.05) is 36.4 Å². The van der Waals surface area contributed by atoms with E-state index < -0.39 is 11.9 Å². The molecule has 0 radical (unpaired) electrons. The molecule has 4 heteroatoms. The van der Waals surface area contributed by atoms with Gasteiger partial charge in [0.15, 0.2) is 0 Å². The third-order valence-electron chi connectivity index (χ3n) is 5.85. The molecule has 0 aliphatic heterocycles. The number of amides is 1. The lowest BCUT2D eigenvalue weighted by Crippen LogP contribution is -2.36. The summed E-state index contributed by atoms with van der Waals surface area (Å²) >= 11 is 0. The highest BCUT2D eigenvalue weighted by molar-refractivity contribution is 6.37. The van der Waals surface area contributed by atoms with E-state index in [2.05, 4.69) is 65.8 Å². The minimum absolute atomic E-state index is 0.0238. The molecule has 172 valence electrons. The molecule has 1 amide bonds. The number of rotatable bonds is 4. The summed E-state index contributed by atoms with van der Waals surface area (Å²) in [5.74, 6) is -2.42. The number of carbonyl (C=O) groups excluding carboxylic acids is 1. The lowest BCUT2D eigenvalue weighted by Gasteiger charge is -2.23. The van der Waals surface area contributed by atoms with Crippen LogP contribution in [0.3, 0.4) is 0 Å². The third kappa shape index (κ3) is 5.89. The van der Waals surface area contributed by atoms with E-state index in [1.165, 1.54) is 16.0 Å². The second-order valence-electron chi connectivity index (χ2n) is 10.5. The number of aliphatic carboxylic acids is 1. The normalized spacial score (nSPS) is 11.8. The maximum atomic E-state index is 12.5. The number of anilines is 1. The molecule has 0 spiro atoms. The van der Waals surface area contributed by atoms with Crippen molar-refractivity contribution in [1.29, 1.82) is 0 Å². The van der Waals surface area contributed by atoms with Gasteiger partial charge in [0.05, 0.1) is 6.54 Å². The van der Waals surface area contributed by atoms with Gasteiger partial charge in [-0.15, -0.1) is 0 Å². The van der Waals surface area contributed by atoms with E-state index in [4.69, 9.17) is 0 Å². The van der Waals surface area contributed by atoms with Crippen LogP contribution in [0.15, 0.2) is 72.8 Å². The molecule has 0 aromatic heterocycles. The molecule has 0 fully saturated rings. The van der Waals surface area contributed by atoms with Gasteiger partial charge in [-0.25, -0.2) is 4.79 Å². The minimum atomic E-state index is -1.47. The molecule has 3 aromatic rings. The zero-order valence-corrected chi connectivity index (χ0v) is 20.3. The van der Waals surface area contributed by atoms with E-state index in [0.717, 1.165) is 16.7 Å². The summed E-state index contributed by atoms with van der Waals surface area (Å²) in [4.78, 5) is 25.3. The van der Waals surface area contributed by atoms with Crippen molar-refractivity contribution in [2.24, 2.45) is 0 Å². The SMILES string of the molecule is CC(C)(C)c1ccc(CN(C(=O)C(=O)O)c2ccc(-c3ccc(C(C)(C)C)cc3)cc2)cc1. The predicted molar refractivity (Wildman–Crippen MR) is 135 cm³/mol. The molecule has 3 aromatic carbocycles. The van der Waals surface area contributed by atoms with Crippen molar-refractivity contribution in [2.45, 2.75) is 58.9 Å². The first-order valence-corrected chi connectivity index (χ1v) is 11.2. The number of benzene rings is 3. The first-order chi connectivity index (χ1) is 15.4. The van der Waals surface area contributed by atoms with E-state index >= 15 is 0 Å². The zero-order valence-electron chi connectivity index (χ0n) is 20.3. The summed E-state index contributed by atoms with van der Waals surface area (Å²) in [5.41, 5.74) is 6.07. The van der Waals surface area contributed by atoms with Crippen molar-refractivity contribution in [3.63, 3.8) is 0 Å². The number of hydrogen-bond acceptors (Lipinski definition) is 2. The summed E-state index contributed by atoms with van der Waals surface area (Å²) in [6, 6.07) is 23.9. The highest BCUT2D eigenvalue weighted by Gasteiger charge is 2.23. The summed E-state index contributed by atoms with van der Waals surface area (Å²) < 4.78 is 0. The topological polar surface area (TPSA) is 57.6 Å². The predicted octanol–water partition coefficient (Wildman–Crippen LogP) is 6.57. The zero-order chi connectivity index (χ0) is 24.4. The van der Waals surface area contributed by atoms with Crippen molar-refractivity contribution in [3.8, 4) is 11.1 Å². The summed E-state index contributed by atoms with van der Waals surface area (Å²) in [7, 11) is 0. The molecule has 0 aliphatic rings. The van der Waals surface area contributed by atoms with Crippen molar-refractivity contribution in [2.75, 3.05) is 4.90 Å². The molecular formula is C29H33NO3. The molecule has 4 nitrogen and oxygen atoms in total. The lowest BCUT2D eigenvalue weighted by molar-refractivity contribution is -0.148. The summed E-state index contributed by atoms with van der Waals surface area (Å²) in [6.45, 7) is 13.2. The standard InChI is InChI=1S/C29H33NO3/c1-28(2,3)23-13-7-20(8-14-23)19-30(26(31)27(32)33)25-17-11-22(12-18-25)21-9-15-24(16-10-21)29(4,5)6/h7-18H,19H2,1-6H3,(H,32,33). The Bertz CT molecular complexity index is 1110. The van der Waals surface area contributed by atoms with Gasteiger partial charge < -0.3 is 5.11 Å². The van der Waals surface area contributed by atoms with Crippen LogP contribution in [0.5, 0.6) is 0 Å². The molecule has 0 aliphatic carbocycles. The highest BCUT2D eigenvalue weighted by Crippen LogP contribution is 2.28. The van der Waals surface area contributed by atoms with Crippen LogP contribution in [0.2, 0.25) is 0 Å². The Morgan fingerprint density at radius 1 is 0.667 bits per heavy atom. The Morgan fingerprint density at radius 2 is 1.06 bits per heavy atom. The van der Waals surface area contributed by atoms with Gasteiger partial charge in [0.1, 0.15) is 0 Å². The molecule has 0 atom stereocenters. The van der Waals surface area contributed by atoms with Crippen LogP contribution in [0.25, 0.3) is 11.1 Å². The molecule has 0 unspecified atom stereocenters. The summed E-state index contributed by atoms with van der Waals surface area (Å²) in [5, 5.41) is 9.38. The molecule has 0 heterocycles. The lowest BCUT2D eigenvalue weighted by atomic mass is 9.86. The second kappa shape index (κ2) is 9.22. The molecule has 1 N–H and O–H groups in total. The fourth-order valence-corrected chi connectivity index (χ4v) is 3.69. The van der Waals surface area contributed by atoms with Crippen LogP contribution >= 0.6 is 0 Å². The first-order valence-electron chi connectivity index (χ1n) is 11.2. The van der Waals surface area contributed by atoms with Crippen LogP contribution in [0.1, 0.15) is 58.2 Å². The third-order valence-corrected chi connectivity index (χ3v) is 5.85. The first kappa shape index (κ1) is 24.2. The quantitative estimate of drug-likeness (QED) is 0.464. The number of carbonyl (C=O) groups is 2. The Kier molecular flexibility index (Phi) is 6.78. The number of hydrogen-bond donors (Lipinski definition) is 1. The molecule has 0 saturated carbocycles. The van der Waals surface area contributed by atoms with E-state index in [9.17, 15) is 14.7 Å². The monoisotopic (exact) mass is 443 g/mol. The molecule has 33 heavy (non-hydrogen) atoms. The maximum Gasteiger partial charge on any atom is 0.394 e. The van der Waals surface area contributed by atoms with Gasteiger partial charge in [-0.2, -0.15) is 0 Å². The minimum Gasteiger partial charge on any atom is -0.474 e. The smallest absolute Gasteiger partial charge is 0.394 e. The van der Waals surface area contributed by atoms with Gasteiger partial charge in [-0.05, 0) is 50.8 Å². The van der Waals surface area contributed by atoms with Crippen LogP contribution < -0.4 is 4.90 Å². The molecular weight excluding hydrogens is 410 g/mol. The van der Waals surface area contributed by atoms with E-state index in [-0.39, 0.29) is 17.4 Å². The molecule has 0 bridgehead atoms. The van der Waals surface area contributed by atoms with Gasteiger partial charge in [0, 0.05) is 5.69 Å². The Balaban J connectivity index is 1.86. The maximum absolute atomic E-state index is 12.5.